The lowest BCUT2D eigenvalue weighted by Crippen LogP contribution is -2.42. The summed E-state index contributed by atoms with van der Waals surface area (Å²) in [7, 11) is 0. The second-order valence-electron chi connectivity index (χ2n) is 5.69. The van der Waals surface area contributed by atoms with Crippen LogP contribution in [-0.2, 0) is 9.59 Å². The van der Waals surface area contributed by atoms with Gasteiger partial charge in [-0.1, -0.05) is 27.7 Å². The van der Waals surface area contributed by atoms with Crippen LogP contribution in [0.2, 0.25) is 0 Å². The topological polar surface area (TPSA) is 57.6 Å². The van der Waals surface area contributed by atoms with Crippen LogP contribution >= 0.6 is 11.8 Å². The average Bonchev–Trinajstić information content (AvgIpc) is 2.63. The quantitative estimate of drug-likeness (QED) is 0.842. The predicted octanol–water partition coefficient (Wildman–Crippen LogP) is 2.04. The average molecular weight is 259 g/mol. The van der Waals surface area contributed by atoms with E-state index < -0.39 is 12.0 Å². The number of carbonyl (C=O) groups is 2. The molecule has 1 unspecified atom stereocenters. The van der Waals surface area contributed by atoms with Crippen molar-refractivity contribution in [3.8, 4) is 0 Å². The number of hydrogen-bond donors (Lipinski definition) is 1. The molecule has 2 atom stereocenters. The van der Waals surface area contributed by atoms with Gasteiger partial charge in [-0.3, -0.25) is 4.79 Å². The Kier molecular flexibility index (Phi) is 4.47. The van der Waals surface area contributed by atoms with Crippen LogP contribution in [-0.4, -0.2) is 39.6 Å². The molecule has 0 radical (unpaired) electrons. The highest BCUT2D eigenvalue weighted by atomic mass is 32.2. The first-order valence-electron chi connectivity index (χ1n) is 5.83. The lowest BCUT2D eigenvalue weighted by Gasteiger charge is -2.29. The Balaban J connectivity index is 2.61. The van der Waals surface area contributed by atoms with Gasteiger partial charge in [0.15, 0.2) is 0 Å². The first-order chi connectivity index (χ1) is 7.73. The number of rotatable bonds is 3. The van der Waals surface area contributed by atoms with Crippen molar-refractivity contribution < 1.29 is 14.7 Å². The van der Waals surface area contributed by atoms with Crippen LogP contribution in [0.25, 0.3) is 0 Å². The summed E-state index contributed by atoms with van der Waals surface area (Å²) in [5, 5.41) is 9.02. The number of aliphatic carboxylic acids is 1. The smallest absolute Gasteiger partial charge is 0.327 e. The Morgan fingerprint density at radius 1 is 1.47 bits per heavy atom. The van der Waals surface area contributed by atoms with Crippen molar-refractivity contribution >= 4 is 23.6 Å². The van der Waals surface area contributed by atoms with E-state index in [1.165, 1.54) is 16.7 Å². The third-order valence-electron chi connectivity index (χ3n) is 3.45. The molecule has 1 aliphatic rings. The second kappa shape index (κ2) is 5.29. The summed E-state index contributed by atoms with van der Waals surface area (Å²) in [5.41, 5.74) is 0.0707. The molecule has 0 saturated carbocycles. The van der Waals surface area contributed by atoms with Gasteiger partial charge in [-0.2, -0.15) is 0 Å². The van der Waals surface area contributed by atoms with E-state index >= 15 is 0 Å². The lowest BCUT2D eigenvalue weighted by atomic mass is 9.80. The van der Waals surface area contributed by atoms with E-state index in [4.69, 9.17) is 5.11 Å². The summed E-state index contributed by atoms with van der Waals surface area (Å²) in [6.45, 7) is 8.33. The zero-order valence-electron chi connectivity index (χ0n) is 10.9. The Hall–Kier alpha value is -0.710. The zero-order valence-corrected chi connectivity index (χ0v) is 11.7. The molecule has 1 amide bonds. The largest absolute Gasteiger partial charge is 0.480 e. The molecule has 0 spiro atoms. The fraction of sp³-hybridized carbons (Fsp3) is 0.833. The highest BCUT2D eigenvalue weighted by Crippen LogP contribution is 2.30. The van der Waals surface area contributed by atoms with Crippen molar-refractivity contribution in [2.24, 2.45) is 11.3 Å². The minimum atomic E-state index is -0.897. The summed E-state index contributed by atoms with van der Waals surface area (Å²) in [6.07, 6.45) is 0.424. The maximum atomic E-state index is 12.1. The number of thioether (sulfide) groups is 1. The van der Waals surface area contributed by atoms with Gasteiger partial charge in [0, 0.05) is 12.2 Å². The van der Waals surface area contributed by atoms with Crippen LogP contribution in [0.1, 0.15) is 34.1 Å². The summed E-state index contributed by atoms with van der Waals surface area (Å²) in [6, 6.07) is -0.639. The summed E-state index contributed by atoms with van der Waals surface area (Å²) >= 11 is 1.51. The maximum Gasteiger partial charge on any atom is 0.327 e. The van der Waals surface area contributed by atoms with Gasteiger partial charge in [-0.05, 0) is 11.3 Å². The highest BCUT2D eigenvalue weighted by Gasteiger charge is 2.35. The highest BCUT2D eigenvalue weighted by molar-refractivity contribution is 7.99. The molecule has 1 N–H and O–H groups in total. The normalized spacial score (nSPS) is 22.6. The molecule has 1 rings (SSSR count). The van der Waals surface area contributed by atoms with Gasteiger partial charge in [-0.25, -0.2) is 4.79 Å². The van der Waals surface area contributed by atoms with E-state index in [-0.39, 0.29) is 17.2 Å². The molecule has 0 bridgehead atoms. The van der Waals surface area contributed by atoms with Gasteiger partial charge in [-0.15, -0.1) is 11.8 Å². The van der Waals surface area contributed by atoms with Crippen molar-refractivity contribution in [1.82, 2.24) is 4.90 Å². The molecule has 1 aliphatic heterocycles. The van der Waals surface area contributed by atoms with Crippen molar-refractivity contribution in [2.45, 2.75) is 40.2 Å². The van der Waals surface area contributed by atoms with E-state index in [1.54, 1.807) is 0 Å². The predicted molar refractivity (Wildman–Crippen MR) is 68.8 cm³/mol. The van der Waals surface area contributed by atoms with Gasteiger partial charge in [0.2, 0.25) is 5.91 Å². The molecule has 0 aromatic rings. The monoisotopic (exact) mass is 259 g/mol. The summed E-state index contributed by atoms with van der Waals surface area (Å²) in [5.74, 6) is 0.323. The number of carbonyl (C=O) groups excluding carboxylic acids is 1. The summed E-state index contributed by atoms with van der Waals surface area (Å²) < 4.78 is 0. The first-order valence-corrected chi connectivity index (χ1v) is 6.99. The molecule has 0 aromatic carbocycles. The SMILES string of the molecule is CC(CC(=O)N1CSC[C@H]1C(=O)O)C(C)(C)C. The lowest BCUT2D eigenvalue weighted by molar-refractivity contribution is -0.148. The minimum Gasteiger partial charge on any atom is -0.480 e. The molecule has 1 heterocycles. The van der Waals surface area contributed by atoms with E-state index in [0.29, 0.717) is 18.1 Å². The molecule has 0 aromatic heterocycles. The van der Waals surface area contributed by atoms with E-state index in [2.05, 4.69) is 20.8 Å². The molecule has 0 aliphatic carbocycles. The second-order valence-corrected chi connectivity index (χ2v) is 6.69. The van der Waals surface area contributed by atoms with Gasteiger partial charge in [0.25, 0.3) is 0 Å². The molecule has 1 fully saturated rings. The van der Waals surface area contributed by atoms with Crippen LogP contribution in [0.4, 0.5) is 0 Å². The fourth-order valence-corrected chi connectivity index (χ4v) is 2.75. The third-order valence-corrected chi connectivity index (χ3v) is 4.46. The van der Waals surface area contributed by atoms with E-state index in [1.807, 2.05) is 6.92 Å². The molecule has 5 heteroatoms. The van der Waals surface area contributed by atoms with Gasteiger partial charge in [0.1, 0.15) is 6.04 Å². The van der Waals surface area contributed by atoms with Crippen LogP contribution in [0.3, 0.4) is 0 Å². The number of carboxylic acids is 1. The standard InChI is InChI=1S/C12H21NO3S/c1-8(12(2,3)4)5-10(14)13-7-17-6-9(13)11(15)16/h8-9H,5-7H2,1-4H3,(H,15,16)/t8?,9-/m0/s1. The Morgan fingerprint density at radius 2 is 2.06 bits per heavy atom. The van der Waals surface area contributed by atoms with Crippen LogP contribution in [0.5, 0.6) is 0 Å². The Morgan fingerprint density at radius 3 is 2.53 bits per heavy atom. The van der Waals surface area contributed by atoms with Crippen LogP contribution < -0.4 is 0 Å². The van der Waals surface area contributed by atoms with Crippen LogP contribution in [0.15, 0.2) is 0 Å². The summed E-state index contributed by atoms with van der Waals surface area (Å²) in [4.78, 5) is 24.6. The number of hydrogen-bond acceptors (Lipinski definition) is 3. The Labute approximate surface area is 107 Å². The number of nitrogens with zero attached hydrogens (tertiary/aromatic N) is 1. The van der Waals surface area contributed by atoms with Crippen molar-refractivity contribution in [3.05, 3.63) is 0 Å². The molecule has 98 valence electrons. The Bertz CT molecular complexity index is 311. The molecule has 4 nitrogen and oxygen atoms in total. The van der Waals surface area contributed by atoms with Gasteiger partial charge < -0.3 is 10.0 Å². The molecular formula is C12H21NO3S. The first kappa shape index (κ1) is 14.4. The van der Waals surface area contributed by atoms with Crippen LogP contribution in [0, 0.1) is 11.3 Å². The zero-order chi connectivity index (χ0) is 13.2. The van der Waals surface area contributed by atoms with Gasteiger partial charge in [0.05, 0.1) is 5.88 Å². The van der Waals surface area contributed by atoms with Gasteiger partial charge >= 0.3 is 5.97 Å². The molecule has 17 heavy (non-hydrogen) atoms. The fourth-order valence-electron chi connectivity index (χ4n) is 1.58. The van der Waals surface area contributed by atoms with E-state index in [9.17, 15) is 9.59 Å². The van der Waals surface area contributed by atoms with Crippen molar-refractivity contribution in [1.29, 1.82) is 0 Å². The number of carboxylic acid groups (broad SMARTS) is 1. The van der Waals surface area contributed by atoms with Crippen molar-refractivity contribution in [2.75, 3.05) is 11.6 Å². The number of amides is 1. The molecular weight excluding hydrogens is 238 g/mol. The van der Waals surface area contributed by atoms with E-state index in [0.717, 1.165) is 0 Å². The van der Waals surface area contributed by atoms with Crippen molar-refractivity contribution in [3.63, 3.8) is 0 Å². The maximum absolute atomic E-state index is 12.1. The molecule has 1 saturated heterocycles. The minimum absolute atomic E-state index is 0.0372. The third kappa shape index (κ3) is 3.63.